The summed E-state index contributed by atoms with van der Waals surface area (Å²) in [7, 11) is 1.67. The minimum atomic E-state index is -0.00248. The van der Waals surface area contributed by atoms with E-state index in [4.69, 9.17) is 16.3 Å². The first kappa shape index (κ1) is 18.4. The molecule has 0 saturated carbocycles. The number of halogens is 1. The van der Waals surface area contributed by atoms with Crippen LogP contribution in [0.5, 0.6) is 5.75 Å². The van der Waals surface area contributed by atoms with Crippen molar-refractivity contribution in [1.82, 2.24) is 10.2 Å². The molecule has 1 aliphatic rings. The van der Waals surface area contributed by atoms with Crippen LogP contribution in [-0.2, 0) is 6.42 Å². The Hall–Kier alpha value is -2.40. The summed E-state index contributed by atoms with van der Waals surface area (Å²) in [6, 6.07) is 15.8. The van der Waals surface area contributed by atoms with Gasteiger partial charge in [0.1, 0.15) is 5.75 Å². The largest absolute Gasteiger partial charge is 0.497 e. The van der Waals surface area contributed by atoms with Crippen LogP contribution >= 0.6 is 11.6 Å². The SMILES string of the molecule is COc1cccc(N2CCN(C(=O)NCCc3cccc(Cl)c3)CC2)c1. The molecule has 5 nitrogen and oxygen atoms in total. The van der Waals surface area contributed by atoms with Crippen molar-refractivity contribution >= 4 is 23.3 Å². The van der Waals surface area contributed by atoms with Crippen molar-refractivity contribution in [3.8, 4) is 5.75 Å². The number of carbonyl (C=O) groups excluding carboxylic acids is 1. The molecular weight excluding hydrogens is 350 g/mol. The Kier molecular flexibility index (Phi) is 6.23. The van der Waals surface area contributed by atoms with Crippen LogP contribution in [0.2, 0.25) is 5.02 Å². The van der Waals surface area contributed by atoms with Crippen molar-refractivity contribution in [1.29, 1.82) is 0 Å². The van der Waals surface area contributed by atoms with Crippen LogP contribution in [0.1, 0.15) is 5.56 Å². The molecule has 1 saturated heterocycles. The van der Waals surface area contributed by atoms with Crippen molar-refractivity contribution in [2.75, 3.05) is 44.7 Å². The second kappa shape index (κ2) is 8.81. The maximum Gasteiger partial charge on any atom is 0.317 e. The minimum Gasteiger partial charge on any atom is -0.497 e. The summed E-state index contributed by atoms with van der Waals surface area (Å²) in [5.74, 6) is 0.851. The zero-order chi connectivity index (χ0) is 18.4. The lowest BCUT2D eigenvalue weighted by Gasteiger charge is -2.36. The molecular formula is C20H24ClN3O2. The third-order valence-electron chi connectivity index (χ3n) is 4.56. The standard InChI is InChI=1S/C20H24ClN3O2/c1-26-19-7-3-6-18(15-19)23-10-12-24(13-11-23)20(25)22-9-8-16-4-2-5-17(21)14-16/h2-7,14-15H,8-13H2,1H3,(H,22,25). The van der Waals surface area contributed by atoms with Gasteiger partial charge in [-0.3, -0.25) is 0 Å². The number of urea groups is 1. The molecule has 2 amide bonds. The number of hydrogen-bond donors (Lipinski definition) is 1. The topological polar surface area (TPSA) is 44.8 Å². The number of nitrogens with zero attached hydrogens (tertiary/aromatic N) is 2. The molecule has 2 aromatic rings. The number of rotatable bonds is 5. The Morgan fingerprint density at radius 3 is 2.62 bits per heavy atom. The van der Waals surface area contributed by atoms with Gasteiger partial charge in [0.05, 0.1) is 7.11 Å². The van der Waals surface area contributed by atoms with Crippen LogP contribution in [0.4, 0.5) is 10.5 Å². The summed E-state index contributed by atoms with van der Waals surface area (Å²) in [6.45, 7) is 3.65. The summed E-state index contributed by atoms with van der Waals surface area (Å²) in [5, 5.41) is 3.72. The molecule has 26 heavy (non-hydrogen) atoms. The first-order chi connectivity index (χ1) is 12.7. The van der Waals surface area contributed by atoms with Gasteiger partial charge in [-0.1, -0.05) is 29.8 Å². The highest BCUT2D eigenvalue weighted by atomic mass is 35.5. The van der Waals surface area contributed by atoms with Gasteiger partial charge < -0.3 is 19.9 Å². The van der Waals surface area contributed by atoms with Gasteiger partial charge in [-0.05, 0) is 36.2 Å². The molecule has 1 heterocycles. The molecule has 0 unspecified atom stereocenters. The third kappa shape index (κ3) is 4.82. The van der Waals surface area contributed by atoms with Crippen molar-refractivity contribution in [2.24, 2.45) is 0 Å². The molecule has 0 atom stereocenters. The lowest BCUT2D eigenvalue weighted by molar-refractivity contribution is 0.194. The third-order valence-corrected chi connectivity index (χ3v) is 4.80. The van der Waals surface area contributed by atoms with Gasteiger partial charge in [0, 0.05) is 49.5 Å². The van der Waals surface area contributed by atoms with E-state index in [2.05, 4.69) is 16.3 Å². The Bertz CT molecular complexity index is 745. The number of methoxy groups -OCH3 is 1. The lowest BCUT2D eigenvalue weighted by atomic mass is 10.1. The van der Waals surface area contributed by atoms with E-state index in [1.807, 2.05) is 47.4 Å². The number of carbonyl (C=O) groups is 1. The van der Waals surface area contributed by atoms with Gasteiger partial charge in [0.15, 0.2) is 0 Å². The predicted molar refractivity (Wildman–Crippen MR) is 105 cm³/mol. The number of hydrogen-bond acceptors (Lipinski definition) is 3. The highest BCUT2D eigenvalue weighted by Crippen LogP contribution is 2.22. The van der Waals surface area contributed by atoms with E-state index >= 15 is 0 Å². The Morgan fingerprint density at radius 1 is 1.12 bits per heavy atom. The molecule has 2 aromatic carbocycles. The zero-order valence-corrected chi connectivity index (χ0v) is 15.7. The first-order valence-corrected chi connectivity index (χ1v) is 9.20. The number of anilines is 1. The number of piperazine rings is 1. The Morgan fingerprint density at radius 2 is 1.88 bits per heavy atom. The van der Waals surface area contributed by atoms with Gasteiger partial charge in [0.2, 0.25) is 0 Å². The Balaban J connectivity index is 1.44. The highest BCUT2D eigenvalue weighted by molar-refractivity contribution is 6.30. The second-order valence-electron chi connectivity index (χ2n) is 6.29. The average molecular weight is 374 g/mol. The summed E-state index contributed by atoms with van der Waals surface area (Å²) in [5.41, 5.74) is 2.26. The number of nitrogens with one attached hydrogen (secondary N) is 1. The molecule has 0 aromatic heterocycles. The Labute approximate surface area is 159 Å². The van der Waals surface area contributed by atoms with E-state index in [0.717, 1.165) is 41.5 Å². The van der Waals surface area contributed by atoms with Gasteiger partial charge >= 0.3 is 6.03 Å². The maximum absolute atomic E-state index is 12.3. The van der Waals surface area contributed by atoms with Gasteiger partial charge in [-0.2, -0.15) is 0 Å². The molecule has 0 radical (unpaired) electrons. The van der Waals surface area contributed by atoms with Crippen molar-refractivity contribution in [2.45, 2.75) is 6.42 Å². The van der Waals surface area contributed by atoms with Crippen LogP contribution in [-0.4, -0.2) is 50.8 Å². The summed E-state index contributed by atoms with van der Waals surface area (Å²) >= 11 is 5.98. The van der Waals surface area contributed by atoms with Crippen LogP contribution < -0.4 is 15.0 Å². The van der Waals surface area contributed by atoms with E-state index < -0.39 is 0 Å². The van der Waals surface area contributed by atoms with Crippen LogP contribution in [0, 0.1) is 0 Å². The number of ether oxygens (including phenoxy) is 1. The van der Waals surface area contributed by atoms with Crippen LogP contribution in [0.15, 0.2) is 48.5 Å². The summed E-state index contributed by atoms with van der Waals surface area (Å²) < 4.78 is 5.28. The average Bonchev–Trinajstić information content (AvgIpc) is 2.68. The van der Waals surface area contributed by atoms with Gasteiger partial charge in [-0.15, -0.1) is 0 Å². The monoisotopic (exact) mass is 373 g/mol. The lowest BCUT2D eigenvalue weighted by Crippen LogP contribution is -2.52. The first-order valence-electron chi connectivity index (χ1n) is 8.82. The molecule has 1 N–H and O–H groups in total. The normalized spacial score (nSPS) is 14.2. The minimum absolute atomic E-state index is 0.00248. The van der Waals surface area contributed by atoms with Crippen molar-refractivity contribution in [3.63, 3.8) is 0 Å². The fraction of sp³-hybridized carbons (Fsp3) is 0.350. The maximum atomic E-state index is 12.3. The van der Waals surface area contributed by atoms with E-state index in [1.165, 1.54) is 0 Å². The number of benzene rings is 2. The fourth-order valence-electron chi connectivity index (χ4n) is 3.09. The van der Waals surface area contributed by atoms with Gasteiger partial charge in [-0.25, -0.2) is 4.79 Å². The second-order valence-corrected chi connectivity index (χ2v) is 6.72. The van der Waals surface area contributed by atoms with E-state index in [9.17, 15) is 4.79 Å². The predicted octanol–water partition coefficient (Wildman–Crippen LogP) is 3.42. The molecule has 3 rings (SSSR count). The van der Waals surface area contributed by atoms with Crippen LogP contribution in [0.3, 0.4) is 0 Å². The van der Waals surface area contributed by atoms with Gasteiger partial charge in [0.25, 0.3) is 0 Å². The quantitative estimate of drug-likeness (QED) is 0.873. The van der Waals surface area contributed by atoms with Crippen LogP contribution in [0.25, 0.3) is 0 Å². The number of amides is 2. The zero-order valence-electron chi connectivity index (χ0n) is 15.0. The molecule has 138 valence electrons. The van der Waals surface area contributed by atoms with E-state index in [0.29, 0.717) is 19.6 Å². The molecule has 1 aliphatic heterocycles. The fourth-order valence-corrected chi connectivity index (χ4v) is 3.31. The smallest absolute Gasteiger partial charge is 0.317 e. The molecule has 1 fully saturated rings. The molecule has 6 heteroatoms. The summed E-state index contributed by atoms with van der Waals surface area (Å²) in [4.78, 5) is 16.5. The van der Waals surface area contributed by atoms with E-state index in [-0.39, 0.29) is 6.03 Å². The van der Waals surface area contributed by atoms with Crippen molar-refractivity contribution < 1.29 is 9.53 Å². The van der Waals surface area contributed by atoms with E-state index in [1.54, 1.807) is 7.11 Å². The highest BCUT2D eigenvalue weighted by Gasteiger charge is 2.21. The van der Waals surface area contributed by atoms with Crippen molar-refractivity contribution in [3.05, 3.63) is 59.1 Å². The molecule has 0 bridgehead atoms. The molecule has 0 aliphatic carbocycles. The molecule has 0 spiro atoms. The summed E-state index contributed by atoms with van der Waals surface area (Å²) in [6.07, 6.45) is 0.774.